The van der Waals surface area contributed by atoms with Crippen LogP contribution in [0.4, 0.5) is 0 Å². The largest absolute Gasteiger partial charge is 0.348 e. The van der Waals surface area contributed by atoms with Gasteiger partial charge in [-0.15, -0.1) is 0 Å². The van der Waals surface area contributed by atoms with Gasteiger partial charge in [0.25, 0.3) is 0 Å². The number of nitrogens with one attached hydrogen (secondary N) is 1. The van der Waals surface area contributed by atoms with Crippen LogP contribution in [0.3, 0.4) is 0 Å². The molecule has 0 aromatic heterocycles. The molecule has 1 aliphatic rings. The van der Waals surface area contributed by atoms with Crippen molar-refractivity contribution >= 4 is 5.91 Å². The van der Waals surface area contributed by atoms with E-state index in [9.17, 15) is 4.79 Å². The molecule has 0 bridgehead atoms. The van der Waals surface area contributed by atoms with E-state index < -0.39 is 0 Å². The first-order chi connectivity index (χ1) is 8.15. The molecule has 4 heteroatoms. The Balaban J connectivity index is 2.39. The first-order valence-corrected chi connectivity index (χ1v) is 6.80. The van der Waals surface area contributed by atoms with Crippen LogP contribution in [0.25, 0.3) is 0 Å². The van der Waals surface area contributed by atoms with Gasteiger partial charge in [0.2, 0.25) is 5.91 Å². The molecule has 0 aromatic rings. The maximum absolute atomic E-state index is 11.8. The Bertz CT molecular complexity index is 231. The second-order valence-corrected chi connectivity index (χ2v) is 5.11. The van der Waals surface area contributed by atoms with Crippen molar-refractivity contribution in [2.45, 2.75) is 38.6 Å². The molecule has 1 atom stereocenters. The number of rotatable bonds is 6. The molecule has 0 radical (unpaired) electrons. The molecule has 1 heterocycles. The van der Waals surface area contributed by atoms with E-state index in [2.05, 4.69) is 17.1 Å². The molecular formula is C13H27N3O. The van der Waals surface area contributed by atoms with Crippen LogP contribution < -0.4 is 5.32 Å². The van der Waals surface area contributed by atoms with Gasteiger partial charge in [0.1, 0.15) is 0 Å². The van der Waals surface area contributed by atoms with Gasteiger partial charge >= 0.3 is 0 Å². The molecule has 1 saturated heterocycles. The zero-order valence-corrected chi connectivity index (χ0v) is 11.5. The van der Waals surface area contributed by atoms with Crippen molar-refractivity contribution in [2.24, 2.45) is 0 Å². The fourth-order valence-corrected chi connectivity index (χ4v) is 2.26. The van der Waals surface area contributed by atoms with Crippen LogP contribution in [-0.2, 0) is 4.79 Å². The number of amides is 1. The number of likely N-dealkylation sites (tertiary alicyclic amines) is 1. The molecule has 0 aliphatic carbocycles. The van der Waals surface area contributed by atoms with Gasteiger partial charge in [0.15, 0.2) is 0 Å². The van der Waals surface area contributed by atoms with Crippen molar-refractivity contribution < 1.29 is 4.79 Å². The predicted octanol–water partition coefficient (Wildman–Crippen LogP) is 0.929. The van der Waals surface area contributed by atoms with Crippen molar-refractivity contribution in [3.05, 3.63) is 0 Å². The monoisotopic (exact) mass is 241 g/mol. The topological polar surface area (TPSA) is 35.6 Å². The molecule has 1 fully saturated rings. The Morgan fingerprint density at radius 1 is 1.41 bits per heavy atom. The van der Waals surface area contributed by atoms with Crippen LogP contribution in [0.5, 0.6) is 0 Å². The lowest BCUT2D eigenvalue weighted by molar-refractivity contribution is -0.130. The highest BCUT2D eigenvalue weighted by molar-refractivity contribution is 5.77. The molecular weight excluding hydrogens is 214 g/mol. The van der Waals surface area contributed by atoms with Crippen molar-refractivity contribution in [3.8, 4) is 0 Å². The maximum atomic E-state index is 11.8. The summed E-state index contributed by atoms with van der Waals surface area (Å²) in [5.41, 5.74) is 0. The number of carbonyl (C=O) groups excluding carboxylic acids is 1. The molecule has 4 nitrogen and oxygen atoms in total. The summed E-state index contributed by atoms with van der Waals surface area (Å²) >= 11 is 0. The average Bonchev–Trinajstić information content (AvgIpc) is 2.31. The zero-order chi connectivity index (χ0) is 12.7. The van der Waals surface area contributed by atoms with Crippen molar-refractivity contribution in [1.82, 2.24) is 15.1 Å². The number of carbonyl (C=O) groups is 1. The van der Waals surface area contributed by atoms with Crippen LogP contribution in [-0.4, -0.2) is 62.0 Å². The van der Waals surface area contributed by atoms with Gasteiger partial charge in [-0.2, -0.15) is 0 Å². The van der Waals surface area contributed by atoms with Crippen molar-refractivity contribution in [2.75, 3.05) is 40.3 Å². The third kappa shape index (κ3) is 5.04. The highest BCUT2D eigenvalue weighted by Gasteiger charge is 2.24. The van der Waals surface area contributed by atoms with Crippen LogP contribution in [0.15, 0.2) is 0 Å². The average molecular weight is 241 g/mol. The molecule has 0 spiro atoms. The molecule has 1 aliphatic heterocycles. The second kappa shape index (κ2) is 7.67. The molecule has 17 heavy (non-hydrogen) atoms. The van der Waals surface area contributed by atoms with E-state index in [-0.39, 0.29) is 5.91 Å². The van der Waals surface area contributed by atoms with Crippen LogP contribution >= 0.6 is 0 Å². The summed E-state index contributed by atoms with van der Waals surface area (Å²) in [5, 5.41) is 3.47. The van der Waals surface area contributed by atoms with E-state index in [1.54, 1.807) is 4.90 Å². The summed E-state index contributed by atoms with van der Waals surface area (Å²) in [6.45, 7) is 5.92. The fraction of sp³-hybridized carbons (Fsp3) is 0.923. The summed E-state index contributed by atoms with van der Waals surface area (Å²) in [6, 6.07) is 0.541. The Morgan fingerprint density at radius 3 is 2.82 bits per heavy atom. The van der Waals surface area contributed by atoms with Crippen LogP contribution in [0.2, 0.25) is 0 Å². The van der Waals surface area contributed by atoms with E-state index in [0.29, 0.717) is 12.6 Å². The van der Waals surface area contributed by atoms with Gasteiger partial charge in [-0.05, 0) is 32.4 Å². The van der Waals surface area contributed by atoms with E-state index in [1.165, 1.54) is 25.7 Å². The van der Waals surface area contributed by atoms with Crippen molar-refractivity contribution in [1.29, 1.82) is 0 Å². The molecule has 1 rings (SSSR count). The SMILES string of the molecule is CCCNCC1CCCCN1CC(=O)N(C)C. The van der Waals surface area contributed by atoms with E-state index in [0.717, 1.165) is 19.6 Å². The number of likely N-dealkylation sites (N-methyl/N-ethyl adjacent to an activating group) is 1. The van der Waals surface area contributed by atoms with Crippen LogP contribution in [0.1, 0.15) is 32.6 Å². The lowest BCUT2D eigenvalue weighted by atomic mass is 10.0. The molecule has 0 aromatic carbocycles. The Labute approximate surface area is 105 Å². The first kappa shape index (κ1) is 14.5. The number of hydrogen-bond donors (Lipinski definition) is 1. The number of hydrogen-bond acceptors (Lipinski definition) is 3. The molecule has 1 unspecified atom stereocenters. The summed E-state index contributed by atoms with van der Waals surface area (Å²) in [6.07, 6.45) is 4.91. The summed E-state index contributed by atoms with van der Waals surface area (Å²) in [7, 11) is 3.66. The number of nitrogens with zero attached hydrogens (tertiary/aromatic N) is 2. The summed E-state index contributed by atoms with van der Waals surface area (Å²) < 4.78 is 0. The Hall–Kier alpha value is -0.610. The summed E-state index contributed by atoms with van der Waals surface area (Å²) in [5.74, 6) is 0.215. The molecule has 1 N–H and O–H groups in total. The molecule has 0 saturated carbocycles. The van der Waals surface area contributed by atoms with E-state index >= 15 is 0 Å². The second-order valence-electron chi connectivity index (χ2n) is 5.11. The summed E-state index contributed by atoms with van der Waals surface area (Å²) in [4.78, 5) is 15.8. The maximum Gasteiger partial charge on any atom is 0.236 e. The lowest BCUT2D eigenvalue weighted by Gasteiger charge is -2.35. The van der Waals surface area contributed by atoms with Crippen molar-refractivity contribution in [3.63, 3.8) is 0 Å². The zero-order valence-electron chi connectivity index (χ0n) is 11.5. The first-order valence-electron chi connectivity index (χ1n) is 6.80. The van der Waals surface area contributed by atoms with Gasteiger partial charge in [0.05, 0.1) is 6.54 Å². The highest BCUT2D eigenvalue weighted by Crippen LogP contribution is 2.16. The number of piperidine rings is 1. The van der Waals surface area contributed by atoms with Gasteiger partial charge in [-0.25, -0.2) is 0 Å². The Kier molecular flexibility index (Phi) is 6.52. The fourth-order valence-electron chi connectivity index (χ4n) is 2.26. The minimum Gasteiger partial charge on any atom is -0.348 e. The molecule has 100 valence electrons. The quantitative estimate of drug-likeness (QED) is 0.703. The highest BCUT2D eigenvalue weighted by atomic mass is 16.2. The van der Waals surface area contributed by atoms with Gasteiger partial charge in [-0.3, -0.25) is 9.69 Å². The third-order valence-electron chi connectivity index (χ3n) is 3.39. The minimum atomic E-state index is 0.215. The normalized spacial score (nSPS) is 21.5. The smallest absolute Gasteiger partial charge is 0.236 e. The van der Waals surface area contributed by atoms with Gasteiger partial charge < -0.3 is 10.2 Å². The minimum absolute atomic E-state index is 0.215. The lowest BCUT2D eigenvalue weighted by Crippen LogP contribution is -2.49. The Morgan fingerprint density at radius 2 is 2.18 bits per heavy atom. The van der Waals surface area contributed by atoms with Gasteiger partial charge in [0, 0.05) is 26.7 Å². The van der Waals surface area contributed by atoms with Gasteiger partial charge in [-0.1, -0.05) is 13.3 Å². The standard InChI is InChI=1S/C13H27N3O/c1-4-8-14-10-12-7-5-6-9-16(12)11-13(17)15(2)3/h12,14H,4-11H2,1-3H3. The van der Waals surface area contributed by atoms with E-state index in [1.807, 2.05) is 14.1 Å². The predicted molar refractivity (Wildman–Crippen MR) is 71.1 cm³/mol. The van der Waals surface area contributed by atoms with E-state index in [4.69, 9.17) is 0 Å². The third-order valence-corrected chi connectivity index (χ3v) is 3.39. The van der Waals surface area contributed by atoms with Crippen LogP contribution in [0, 0.1) is 0 Å². The molecule has 1 amide bonds.